The van der Waals surface area contributed by atoms with Crippen LogP contribution in [-0.4, -0.2) is 26.2 Å². The third-order valence-electron chi connectivity index (χ3n) is 2.29. The summed E-state index contributed by atoms with van der Waals surface area (Å²) in [5.41, 5.74) is 0. The van der Waals surface area contributed by atoms with Gasteiger partial charge in [0, 0.05) is 0 Å². The van der Waals surface area contributed by atoms with Crippen LogP contribution >= 0.6 is 0 Å². The van der Waals surface area contributed by atoms with Crippen LogP contribution in [0.25, 0.3) is 0 Å². The Kier molecular flexibility index (Phi) is 3.52. The molecule has 0 N–H and O–H groups in total. The smallest absolute Gasteiger partial charge is 0.316 e. The molecule has 3 nitrogen and oxygen atoms in total. The van der Waals surface area contributed by atoms with Gasteiger partial charge in [-0.2, -0.15) is 0 Å². The fourth-order valence-corrected chi connectivity index (χ4v) is 1.56. The highest BCUT2D eigenvalue weighted by Gasteiger charge is 2.33. The van der Waals surface area contributed by atoms with E-state index in [-0.39, 0.29) is 5.78 Å². The normalized spacial score (nSPS) is 28.5. The van der Waals surface area contributed by atoms with Gasteiger partial charge in [0.2, 0.25) is 0 Å². The van der Waals surface area contributed by atoms with Crippen LogP contribution in [0.1, 0.15) is 26.2 Å². The van der Waals surface area contributed by atoms with Gasteiger partial charge in [-0.15, -0.1) is 0 Å². The molecule has 0 aliphatic heterocycles. The highest BCUT2D eigenvalue weighted by molar-refractivity contribution is 6.26. The van der Waals surface area contributed by atoms with Gasteiger partial charge in [0.15, 0.2) is 0 Å². The molecule has 0 saturated heterocycles. The predicted molar refractivity (Wildman–Crippen MR) is 48.5 cm³/mol. The fourth-order valence-electron chi connectivity index (χ4n) is 1.56. The van der Waals surface area contributed by atoms with Crippen molar-refractivity contribution in [2.75, 3.05) is 6.61 Å². The summed E-state index contributed by atoms with van der Waals surface area (Å²) >= 11 is 0. The lowest BCUT2D eigenvalue weighted by atomic mass is 9.70. The maximum atomic E-state index is 11.4. The number of hydrogen-bond donors (Lipinski definition) is 0. The summed E-state index contributed by atoms with van der Waals surface area (Å²) in [4.78, 5) is 22.7. The second-order valence-corrected chi connectivity index (χ2v) is 3.24. The van der Waals surface area contributed by atoms with E-state index in [1.807, 2.05) is 0 Å². The summed E-state index contributed by atoms with van der Waals surface area (Å²) in [6.45, 7) is 2.04. The quantitative estimate of drug-likeness (QED) is 0.359. The van der Waals surface area contributed by atoms with Crippen molar-refractivity contribution in [2.24, 2.45) is 5.92 Å². The van der Waals surface area contributed by atoms with Gasteiger partial charge in [-0.25, -0.2) is 0 Å². The lowest BCUT2D eigenvalue weighted by Gasteiger charge is -2.23. The van der Waals surface area contributed by atoms with Crippen molar-refractivity contribution in [1.29, 1.82) is 0 Å². The molecule has 0 aromatic rings. The van der Waals surface area contributed by atoms with Crippen molar-refractivity contribution < 1.29 is 14.3 Å². The predicted octanol–water partition coefficient (Wildman–Crippen LogP) is 0.876. The van der Waals surface area contributed by atoms with Gasteiger partial charge in [0.25, 0.3) is 0 Å². The molecule has 2 radical (unpaired) electrons. The van der Waals surface area contributed by atoms with E-state index >= 15 is 0 Å². The second kappa shape index (κ2) is 4.44. The zero-order valence-corrected chi connectivity index (χ0v) is 7.79. The van der Waals surface area contributed by atoms with Crippen molar-refractivity contribution in [3.63, 3.8) is 0 Å². The van der Waals surface area contributed by atoms with Gasteiger partial charge in [-0.05, 0) is 19.2 Å². The molecule has 13 heavy (non-hydrogen) atoms. The summed E-state index contributed by atoms with van der Waals surface area (Å²) in [6.07, 6.45) is 2.11. The first-order chi connectivity index (χ1) is 6.16. The minimum atomic E-state index is -0.608. The molecule has 0 aromatic carbocycles. The number of hydrogen-bond acceptors (Lipinski definition) is 3. The van der Waals surface area contributed by atoms with Gasteiger partial charge in [-0.1, -0.05) is 12.8 Å². The number of Topliss-reactive ketones (excluding diaryl/α,β-unsaturated/α-hetero) is 1. The minimum Gasteiger partial charge on any atom is -0.465 e. The highest BCUT2D eigenvalue weighted by Crippen LogP contribution is 2.28. The average molecular weight is 180 g/mol. The molecule has 1 rings (SSSR count). The number of ketones is 1. The Morgan fingerprint density at radius 3 is 2.92 bits per heavy atom. The topological polar surface area (TPSA) is 43.4 Å². The first kappa shape index (κ1) is 10.3. The van der Waals surface area contributed by atoms with Crippen LogP contribution in [0.5, 0.6) is 0 Å². The Hall–Kier alpha value is -0.795. The van der Waals surface area contributed by atoms with E-state index in [4.69, 9.17) is 12.6 Å². The third-order valence-corrected chi connectivity index (χ3v) is 2.29. The summed E-state index contributed by atoms with van der Waals surface area (Å²) < 4.78 is 4.78. The zero-order chi connectivity index (χ0) is 9.84. The van der Waals surface area contributed by atoms with Crippen LogP contribution in [0.4, 0.5) is 0 Å². The largest absolute Gasteiger partial charge is 0.465 e. The maximum Gasteiger partial charge on any atom is 0.316 e. The minimum absolute atomic E-state index is 0.162. The van der Waals surface area contributed by atoms with Gasteiger partial charge in [-0.3, -0.25) is 9.59 Å². The average Bonchev–Trinajstić information content (AvgIpc) is 2.10. The van der Waals surface area contributed by atoms with Crippen molar-refractivity contribution in [1.82, 2.24) is 0 Å². The summed E-state index contributed by atoms with van der Waals surface area (Å²) in [5.74, 6) is -1.65. The van der Waals surface area contributed by atoms with Gasteiger partial charge < -0.3 is 4.74 Å². The van der Waals surface area contributed by atoms with Crippen molar-refractivity contribution in [2.45, 2.75) is 32.0 Å². The number of ether oxygens (including phenoxy) is 1. The molecule has 1 aliphatic rings. The summed E-state index contributed by atoms with van der Waals surface area (Å²) in [7, 11) is 5.55. The lowest BCUT2D eigenvalue weighted by Crippen LogP contribution is -2.32. The maximum absolute atomic E-state index is 11.4. The SMILES string of the molecule is [B]C1CCCC(C(=O)OCC)C1=O. The zero-order valence-electron chi connectivity index (χ0n) is 7.79. The van der Waals surface area contributed by atoms with Crippen LogP contribution in [0.15, 0.2) is 0 Å². The number of rotatable bonds is 2. The van der Waals surface area contributed by atoms with Gasteiger partial charge in [0.05, 0.1) is 14.5 Å². The summed E-state index contributed by atoms with van der Waals surface area (Å²) in [5, 5.41) is 0. The number of carbonyl (C=O) groups is 2. The Balaban J connectivity index is 2.57. The molecule has 0 amide bonds. The van der Waals surface area contributed by atoms with Gasteiger partial charge in [0.1, 0.15) is 11.7 Å². The number of esters is 1. The van der Waals surface area contributed by atoms with E-state index in [0.29, 0.717) is 19.4 Å². The van der Waals surface area contributed by atoms with E-state index in [1.165, 1.54) is 0 Å². The molecular formula is C9H13BO3. The Morgan fingerprint density at radius 2 is 2.31 bits per heavy atom. The van der Waals surface area contributed by atoms with E-state index < -0.39 is 17.7 Å². The number of carbonyl (C=O) groups excluding carboxylic acids is 2. The monoisotopic (exact) mass is 180 g/mol. The molecule has 0 spiro atoms. The Bertz CT molecular complexity index is 215. The molecule has 1 aliphatic carbocycles. The van der Waals surface area contributed by atoms with Crippen LogP contribution in [0.3, 0.4) is 0 Å². The molecule has 1 fully saturated rings. The molecule has 0 bridgehead atoms. The van der Waals surface area contributed by atoms with Crippen LogP contribution in [-0.2, 0) is 14.3 Å². The fraction of sp³-hybridized carbons (Fsp3) is 0.778. The van der Waals surface area contributed by atoms with Crippen molar-refractivity contribution >= 4 is 19.6 Å². The molecule has 0 heterocycles. The van der Waals surface area contributed by atoms with Crippen molar-refractivity contribution in [3.05, 3.63) is 0 Å². The molecular weight excluding hydrogens is 167 g/mol. The second-order valence-electron chi connectivity index (χ2n) is 3.24. The van der Waals surface area contributed by atoms with Crippen molar-refractivity contribution in [3.8, 4) is 0 Å². The standard InChI is InChI=1S/C9H13BO3/c1-2-13-9(12)6-4-3-5-7(10)8(6)11/h6-7H,2-5H2,1H3. The van der Waals surface area contributed by atoms with Gasteiger partial charge >= 0.3 is 5.97 Å². The highest BCUT2D eigenvalue weighted by atomic mass is 16.5. The molecule has 2 atom stereocenters. The molecule has 1 saturated carbocycles. The third kappa shape index (κ3) is 2.33. The van der Waals surface area contributed by atoms with E-state index in [9.17, 15) is 9.59 Å². The van der Waals surface area contributed by atoms with Crippen LogP contribution < -0.4 is 0 Å². The van der Waals surface area contributed by atoms with E-state index in [1.54, 1.807) is 6.92 Å². The van der Waals surface area contributed by atoms with E-state index in [2.05, 4.69) is 0 Å². The molecule has 70 valence electrons. The Labute approximate surface area is 79.2 Å². The van der Waals surface area contributed by atoms with Crippen LogP contribution in [0.2, 0.25) is 5.82 Å². The van der Waals surface area contributed by atoms with Crippen LogP contribution in [0, 0.1) is 5.92 Å². The molecule has 4 heteroatoms. The first-order valence-corrected chi connectivity index (χ1v) is 4.62. The first-order valence-electron chi connectivity index (χ1n) is 4.62. The summed E-state index contributed by atoms with van der Waals surface area (Å²) in [6, 6.07) is 0. The lowest BCUT2D eigenvalue weighted by molar-refractivity contribution is -0.152. The van der Waals surface area contributed by atoms with E-state index in [0.717, 1.165) is 6.42 Å². The molecule has 2 unspecified atom stereocenters. The molecule has 0 aromatic heterocycles. The Morgan fingerprint density at radius 1 is 1.62 bits per heavy atom.